The SMILES string of the molecule is CCc1ccc(NC(=O)N2CCC[C@H](c3cccc(C(=O)NCc4ccc(C)cc4)c3)C2)cc1. The van der Waals surface area contributed by atoms with Crippen LogP contribution in [-0.2, 0) is 13.0 Å². The molecule has 5 nitrogen and oxygen atoms in total. The lowest BCUT2D eigenvalue weighted by Crippen LogP contribution is -2.41. The highest BCUT2D eigenvalue weighted by atomic mass is 16.2. The smallest absolute Gasteiger partial charge is 0.321 e. The predicted octanol–water partition coefficient (Wildman–Crippen LogP) is 5.90. The lowest BCUT2D eigenvalue weighted by molar-refractivity contribution is 0.0950. The largest absolute Gasteiger partial charge is 0.348 e. The van der Waals surface area contributed by atoms with Crippen LogP contribution in [0.3, 0.4) is 0 Å². The molecule has 3 aromatic carbocycles. The molecule has 1 heterocycles. The quantitative estimate of drug-likeness (QED) is 0.486. The van der Waals surface area contributed by atoms with Crippen molar-refractivity contribution in [1.29, 1.82) is 0 Å². The van der Waals surface area contributed by atoms with E-state index in [1.54, 1.807) is 0 Å². The van der Waals surface area contributed by atoms with Gasteiger partial charge >= 0.3 is 6.03 Å². The van der Waals surface area contributed by atoms with Gasteiger partial charge in [-0.15, -0.1) is 0 Å². The molecule has 4 rings (SSSR count). The van der Waals surface area contributed by atoms with Gasteiger partial charge in [0.2, 0.25) is 0 Å². The van der Waals surface area contributed by atoms with Crippen molar-refractivity contribution in [2.24, 2.45) is 0 Å². The summed E-state index contributed by atoms with van der Waals surface area (Å²) < 4.78 is 0. The van der Waals surface area contributed by atoms with Crippen molar-refractivity contribution in [3.05, 3.63) is 101 Å². The normalized spacial score (nSPS) is 15.6. The first-order valence-corrected chi connectivity index (χ1v) is 12.1. The van der Waals surface area contributed by atoms with E-state index < -0.39 is 0 Å². The van der Waals surface area contributed by atoms with Crippen LogP contribution in [0.1, 0.15) is 58.3 Å². The summed E-state index contributed by atoms with van der Waals surface area (Å²) >= 11 is 0. The van der Waals surface area contributed by atoms with Crippen LogP contribution < -0.4 is 10.6 Å². The second-order valence-electron chi connectivity index (χ2n) is 9.06. The number of rotatable bonds is 6. The lowest BCUT2D eigenvalue weighted by atomic mass is 9.89. The van der Waals surface area contributed by atoms with Gasteiger partial charge in [-0.3, -0.25) is 4.79 Å². The summed E-state index contributed by atoms with van der Waals surface area (Å²) in [6.07, 6.45) is 2.92. The number of anilines is 1. The van der Waals surface area contributed by atoms with Crippen molar-refractivity contribution < 1.29 is 9.59 Å². The molecule has 1 atom stereocenters. The van der Waals surface area contributed by atoms with E-state index in [0.29, 0.717) is 18.7 Å². The van der Waals surface area contributed by atoms with Crippen LogP contribution in [-0.4, -0.2) is 29.9 Å². The van der Waals surface area contributed by atoms with Gasteiger partial charge in [0.15, 0.2) is 0 Å². The Morgan fingerprint density at radius 3 is 2.44 bits per heavy atom. The van der Waals surface area contributed by atoms with Gasteiger partial charge < -0.3 is 15.5 Å². The van der Waals surface area contributed by atoms with Crippen molar-refractivity contribution in [2.75, 3.05) is 18.4 Å². The summed E-state index contributed by atoms with van der Waals surface area (Å²) in [5, 5.41) is 6.04. The van der Waals surface area contributed by atoms with E-state index >= 15 is 0 Å². The van der Waals surface area contributed by atoms with Crippen molar-refractivity contribution >= 4 is 17.6 Å². The standard InChI is InChI=1S/C29H33N3O2/c1-3-22-13-15-27(16-14-22)31-29(34)32-17-5-8-26(20-32)24-6-4-7-25(18-24)28(33)30-19-23-11-9-21(2)10-12-23/h4,6-7,9-16,18,26H,3,5,8,17,19-20H2,1-2H3,(H,30,33)(H,31,34)/t26-/m0/s1. The zero-order valence-corrected chi connectivity index (χ0v) is 20.0. The molecule has 0 unspecified atom stereocenters. The Balaban J connectivity index is 1.36. The van der Waals surface area contributed by atoms with Gasteiger partial charge in [0.1, 0.15) is 0 Å². The maximum atomic E-state index is 12.9. The third kappa shape index (κ3) is 6.04. The minimum atomic E-state index is -0.0802. The highest BCUT2D eigenvalue weighted by Gasteiger charge is 2.25. The Labute approximate surface area is 202 Å². The number of hydrogen-bond acceptors (Lipinski definition) is 2. The number of nitrogens with one attached hydrogen (secondary N) is 2. The molecule has 1 saturated heterocycles. The van der Waals surface area contributed by atoms with Crippen LogP contribution in [0.5, 0.6) is 0 Å². The third-order valence-electron chi connectivity index (χ3n) is 6.52. The average Bonchev–Trinajstić information content (AvgIpc) is 2.88. The molecule has 5 heteroatoms. The molecule has 0 aliphatic carbocycles. The minimum Gasteiger partial charge on any atom is -0.348 e. The number of nitrogens with zero attached hydrogens (tertiary/aromatic N) is 1. The zero-order valence-electron chi connectivity index (χ0n) is 20.0. The molecule has 34 heavy (non-hydrogen) atoms. The molecule has 0 spiro atoms. The summed E-state index contributed by atoms with van der Waals surface area (Å²) in [6.45, 7) is 6.05. The molecule has 0 saturated carbocycles. The molecule has 3 aromatic rings. The van der Waals surface area contributed by atoms with Crippen molar-refractivity contribution in [2.45, 2.75) is 45.6 Å². The number of urea groups is 1. The average molecular weight is 456 g/mol. The van der Waals surface area contributed by atoms with Crippen molar-refractivity contribution in [3.8, 4) is 0 Å². The van der Waals surface area contributed by atoms with E-state index in [0.717, 1.165) is 42.6 Å². The van der Waals surface area contributed by atoms with Crippen LogP contribution >= 0.6 is 0 Å². The maximum Gasteiger partial charge on any atom is 0.321 e. The van der Waals surface area contributed by atoms with E-state index in [-0.39, 0.29) is 17.9 Å². The first kappa shape index (κ1) is 23.6. The summed E-state index contributed by atoms with van der Waals surface area (Å²) in [4.78, 5) is 27.5. The number of carbonyl (C=O) groups is 2. The van der Waals surface area contributed by atoms with Gasteiger partial charge in [-0.05, 0) is 67.1 Å². The fraction of sp³-hybridized carbons (Fsp3) is 0.310. The van der Waals surface area contributed by atoms with Gasteiger partial charge in [0.25, 0.3) is 5.91 Å². The molecule has 1 fully saturated rings. The van der Waals surface area contributed by atoms with Crippen LogP contribution in [0.25, 0.3) is 0 Å². The maximum absolute atomic E-state index is 12.9. The molecule has 3 amide bonds. The number of piperidine rings is 1. The van der Waals surface area contributed by atoms with E-state index in [1.807, 2.05) is 78.6 Å². The van der Waals surface area contributed by atoms with Crippen LogP contribution in [0.2, 0.25) is 0 Å². The Morgan fingerprint density at radius 2 is 1.71 bits per heavy atom. The molecule has 176 valence electrons. The molecular formula is C29H33N3O2. The summed E-state index contributed by atoms with van der Waals surface area (Å²) in [7, 11) is 0. The first-order valence-electron chi connectivity index (χ1n) is 12.1. The minimum absolute atomic E-state index is 0.0686. The second-order valence-corrected chi connectivity index (χ2v) is 9.06. The van der Waals surface area contributed by atoms with Gasteiger partial charge in [0.05, 0.1) is 0 Å². The van der Waals surface area contributed by atoms with E-state index in [9.17, 15) is 9.59 Å². The molecular weight excluding hydrogens is 422 g/mol. The summed E-state index contributed by atoms with van der Waals surface area (Å²) in [5.41, 5.74) is 6.10. The molecule has 0 radical (unpaired) electrons. The fourth-order valence-corrected chi connectivity index (χ4v) is 4.38. The summed E-state index contributed by atoms with van der Waals surface area (Å²) in [5.74, 6) is 0.134. The lowest BCUT2D eigenvalue weighted by Gasteiger charge is -2.33. The Kier molecular flexibility index (Phi) is 7.63. The first-order chi connectivity index (χ1) is 16.5. The highest BCUT2D eigenvalue weighted by Crippen LogP contribution is 2.28. The van der Waals surface area contributed by atoms with Crippen LogP contribution in [0, 0.1) is 6.92 Å². The topological polar surface area (TPSA) is 61.4 Å². The van der Waals surface area contributed by atoms with Gasteiger partial charge in [-0.2, -0.15) is 0 Å². The van der Waals surface area contributed by atoms with Crippen LogP contribution in [0.4, 0.5) is 10.5 Å². The molecule has 1 aliphatic heterocycles. The predicted molar refractivity (Wildman–Crippen MR) is 137 cm³/mol. The number of aryl methyl sites for hydroxylation is 2. The van der Waals surface area contributed by atoms with Crippen LogP contribution in [0.15, 0.2) is 72.8 Å². The number of amides is 3. The molecule has 0 bridgehead atoms. The zero-order chi connectivity index (χ0) is 23.9. The Bertz CT molecular complexity index is 1120. The second kappa shape index (κ2) is 11.0. The van der Waals surface area contributed by atoms with E-state index in [1.165, 1.54) is 11.1 Å². The third-order valence-corrected chi connectivity index (χ3v) is 6.52. The van der Waals surface area contributed by atoms with Crippen molar-refractivity contribution in [3.63, 3.8) is 0 Å². The Hall–Kier alpha value is -3.60. The van der Waals surface area contributed by atoms with Crippen molar-refractivity contribution in [1.82, 2.24) is 10.2 Å². The van der Waals surface area contributed by atoms with Gasteiger partial charge in [-0.25, -0.2) is 4.79 Å². The van der Waals surface area contributed by atoms with Gasteiger partial charge in [0, 0.05) is 36.8 Å². The van der Waals surface area contributed by atoms with E-state index in [4.69, 9.17) is 0 Å². The number of likely N-dealkylation sites (tertiary alicyclic amines) is 1. The monoisotopic (exact) mass is 455 g/mol. The molecule has 2 N–H and O–H groups in total. The number of benzene rings is 3. The number of carbonyl (C=O) groups excluding carboxylic acids is 2. The number of hydrogen-bond donors (Lipinski definition) is 2. The van der Waals surface area contributed by atoms with Gasteiger partial charge in [-0.1, -0.05) is 61.0 Å². The molecule has 0 aromatic heterocycles. The molecule has 1 aliphatic rings. The van der Waals surface area contributed by atoms with E-state index in [2.05, 4.69) is 23.6 Å². The summed E-state index contributed by atoms with van der Waals surface area (Å²) in [6, 6.07) is 23.9. The highest BCUT2D eigenvalue weighted by molar-refractivity contribution is 5.94. The Morgan fingerprint density at radius 1 is 0.971 bits per heavy atom. The fourth-order valence-electron chi connectivity index (χ4n) is 4.38.